The zero-order valence-electron chi connectivity index (χ0n) is 51.5. The van der Waals surface area contributed by atoms with Crippen LogP contribution in [0.4, 0.5) is 30.2 Å². The first kappa shape index (κ1) is 75.8. The lowest BCUT2D eigenvalue weighted by Gasteiger charge is -2.27. The van der Waals surface area contributed by atoms with Gasteiger partial charge in [-0.3, -0.25) is 30.3 Å². The monoisotopic (exact) mass is 1450 g/mol. The van der Waals surface area contributed by atoms with E-state index in [1.807, 2.05) is 0 Å². The summed E-state index contributed by atoms with van der Waals surface area (Å²) in [7, 11) is 0. The van der Waals surface area contributed by atoms with Gasteiger partial charge in [-0.1, -0.05) is 69.6 Å². The van der Waals surface area contributed by atoms with Crippen molar-refractivity contribution >= 4 is 134 Å². The van der Waals surface area contributed by atoms with Crippen molar-refractivity contribution in [3.05, 3.63) is 83.2 Å². The molecule has 8 aliphatic heterocycles. The van der Waals surface area contributed by atoms with E-state index < -0.39 is 103 Å². The second-order valence-electron chi connectivity index (χ2n) is 22.8. The first-order valence-electron chi connectivity index (χ1n) is 28.5. The fourth-order valence-electron chi connectivity index (χ4n) is 9.17. The van der Waals surface area contributed by atoms with Crippen molar-refractivity contribution in [2.45, 2.75) is 160 Å². The molecule has 5 saturated heterocycles. The van der Waals surface area contributed by atoms with Gasteiger partial charge in [-0.25, -0.2) is 24.6 Å². The summed E-state index contributed by atoms with van der Waals surface area (Å²) in [5.41, 5.74) is 4.03. The van der Waals surface area contributed by atoms with Crippen LogP contribution in [-0.2, 0) is 91.0 Å². The highest BCUT2D eigenvalue weighted by Gasteiger charge is 2.47. The van der Waals surface area contributed by atoms with Gasteiger partial charge in [0, 0.05) is 28.1 Å². The molecule has 9 N–H and O–H groups in total. The third-order valence-corrected chi connectivity index (χ3v) is 16.4. The Kier molecular flexibility index (Phi) is 25.3. The second kappa shape index (κ2) is 31.3. The predicted molar refractivity (Wildman–Crippen MR) is 333 cm³/mol. The zero-order valence-corrected chi connectivity index (χ0v) is 56.1. The highest BCUT2D eigenvalue weighted by molar-refractivity contribution is 6.44. The first-order chi connectivity index (χ1) is 43.8. The minimum atomic E-state index is -5.21. The Hall–Kier alpha value is -5.53. The van der Waals surface area contributed by atoms with E-state index in [4.69, 9.17) is 112 Å². The molecule has 3 amide bonds. The molecule has 8 aliphatic rings. The van der Waals surface area contributed by atoms with Gasteiger partial charge in [-0.05, 0) is 98.7 Å². The number of nitrogens with zero attached hydrogens (tertiary/aromatic N) is 4. The number of nitrogens with one attached hydrogen (secondary N) is 5. The minimum absolute atomic E-state index is 0.0583. The van der Waals surface area contributed by atoms with E-state index in [0.29, 0.717) is 84.3 Å². The van der Waals surface area contributed by atoms with Crippen LogP contribution < -0.4 is 26.6 Å². The number of hydrogen-bond donors (Lipinski definition) is 9. The Morgan fingerprint density at radius 2 is 1.10 bits per heavy atom. The molecular formula is C57H68Cl6F3N9O19. The summed E-state index contributed by atoms with van der Waals surface area (Å²) < 4.78 is 87.6. The minimum Gasteiger partial charge on any atom is -0.464 e. The third-order valence-electron chi connectivity index (χ3n) is 13.9. The number of amides is 3. The Labute approximate surface area is 565 Å². The van der Waals surface area contributed by atoms with E-state index in [0.717, 1.165) is 11.3 Å². The van der Waals surface area contributed by atoms with Crippen LogP contribution in [0.1, 0.15) is 79.0 Å². The average molecular weight is 1450 g/mol. The number of fused-ring (bicyclic) bond motifs is 4. The van der Waals surface area contributed by atoms with Crippen molar-refractivity contribution in [2.75, 3.05) is 50.3 Å². The fourth-order valence-corrected chi connectivity index (χ4v) is 10.4. The first-order valence-corrected chi connectivity index (χ1v) is 30.8. The summed E-state index contributed by atoms with van der Waals surface area (Å²) in [5, 5.41) is 54.7. The zero-order chi connectivity index (χ0) is 69.6. The van der Waals surface area contributed by atoms with Crippen LogP contribution in [0.5, 0.6) is 0 Å². The number of guanidine groups is 3. The molecule has 0 spiro atoms. The molecule has 28 nitrogen and oxygen atoms in total. The summed E-state index contributed by atoms with van der Waals surface area (Å²) in [6.45, 7) is 16.8. The topological polar surface area (TPSA) is 359 Å². The SMILES string of the molecule is CC1(C)OCC(C(=O)NC2=NCc3c(ccc(Cl)c3Cl)N2)O1.CC1(C)OCC(C(O)C(O)C2COC(C)(C)O2)O1.CCOC(=O)C1COC(C)(C)O1.O=C(NC1=NCc2c(ccc(Cl)c2Cl)N1)C(O)COC(=O)C(F)(F)F.O=C1NC2=Nc3ccc(Cl)c(Cl)c3CN2C1O. The van der Waals surface area contributed by atoms with E-state index >= 15 is 0 Å². The molecule has 11 rings (SSSR count). The second-order valence-corrected chi connectivity index (χ2v) is 25.2. The number of aliphatic hydroxyl groups is 4. The molecule has 37 heteroatoms. The van der Waals surface area contributed by atoms with Gasteiger partial charge in [0.25, 0.3) is 17.7 Å². The summed E-state index contributed by atoms with van der Waals surface area (Å²) in [4.78, 5) is 70.7. The number of aliphatic hydroxyl groups excluding tert-OH is 4. The lowest BCUT2D eigenvalue weighted by molar-refractivity contribution is -0.202. The van der Waals surface area contributed by atoms with Crippen LogP contribution in [0.3, 0.4) is 0 Å². The van der Waals surface area contributed by atoms with Gasteiger partial charge in [0.05, 0.1) is 88.5 Å². The van der Waals surface area contributed by atoms with Crippen molar-refractivity contribution in [1.82, 2.24) is 20.9 Å². The Bertz CT molecular complexity index is 3390. The van der Waals surface area contributed by atoms with Crippen molar-refractivity contribution in [2.24, 2.45) is 15.0 Å². The smallest absolute Gasteiger partial charge is 0.464 e. The van der Waals surface area contributed by atoms with Crippen LogP contribution in [-0.4, -0.2) is 191 Å². The van der Waals surface area contributed by atoms with Crippen LogP contribution in [0.2, 0.25) is 30.1 Å². The number of anilines is 2. The van der Waals surface area contributed by atoms with E-state index in [9.17, 15) is 57.6 Å². The summed E-state index contributed by atoms with van der Waals surface area (Å²) in [5.74, 6) is -6.97. The molecule has 0 saturated carbocycles. The molecule has 0 radical (unpaired) electrons. The van der Waals surface area contributed by atoms with Crippen LogP contribution in [0.25, 0.3) is 0 Å². The maximum absolute atomic E-state index is 12.2. The highest BCUT2D eigenvalue weighted by atomic mass is 35.5. The van der Waals surface area contributed by atoms with Gasteiger partial charge in [0.1, 0.15) is 31.0 Å². The quantitative estimate of drug-likeness (QED) is 0.105. The summed E-state index contributed by atoms with van der Waals surface area (Å²) >= 11 is 36.0. The summed E-state index contributed by atoms with van der Waals surface area (Å²) in [6, 6.07) is 9.97. The molecule has 3 aromatic carbocycles. The number of esters is 2. The maximum atomic E-state index is 12.2. The number of alkyl halides is 3. The number of hydrogen-bond acceptors (Lipinski definition) is 25. The lowest BCUT2D eigenvalue weighted by atomic mass is 10.0. The number of carbonyl (C=O) groups is 5. The molecule has 0 aromatic heterocycles. The Morgan fingerprint density at radius 3 is 1.54 bits per heavy atom. The normalized spacial score (nSPS) is 23.8. The van der Waals surface area contributed by atoms with Gasteiger partial charge in [0.15, 0.2) is 41.5 Å². The van der Waals surface area contributed by atoms with Crippen molar-refractivity contribution in [3.63, 3.8) is 0 Å². The predicted octanol–water partition coefficient (Wildman–Crippen LogP) is 6.36. The molecule has 8 atom stereocenters. The number of rotatable bonds is 9. The molecule has 0 aliphatic carbocycles. The van der Waals surface area contributed by atoms with Crippen molar-refractivity contribution < 1.29 is 105 Å². The number of benzene rings is 3. The number of aliphatic imine (C=N–C) groups is 3. The van der Waals surface area contributed by atoms with Crippen LogP contribution in [0.15, 0.2) is 51.4 Å². The van der Waals surface area contributed by atoms with Gasteiger partial charge >= 0.3 is 18.1 Å². The molecule has 8 heterocycles. The highest BCUT2D eigenvalue weighted by Crippen LogP contribution is 2.39. The van der Waals surface area contributed by atoms with Crippen molar-refractivity contribution in [3.8, 4) is 0 Å². The number of ether oxygens (including phenoxy) is 10. The largest absolute Gasteiger partial charge is 0.490 e. The van der Waals surface area contributed by atoms with E-state index in [-0.39, 0.29) is 50.8 Å². The number of carbonyl (C=O) groups excluding carboxylic acids is 5. The Balaban J connectivity index is 0.000000169. The van der Waals surface area contributed by atoms with Gasteiger partial charge in [-0.15, -0.1) is 0 Å². The molecular weight excluding hydrogens is 1380 g/mol. The van der Waals surface area contributed by atoms with Gasteiger partial charge in [-0.2, -0.15) is 13.2 Å². The van der Waals surface area contributed by atoms with E-state index in [2.05, 4.69) is 46.3 Å². The van der Waals surface area contributed by atoms with Crippen LogP contribution in [0, 0.1) is 0 Å². The Morgan fingerprint density at radius 1 is 0.649 bits per heavy atom. The summed E-state index contributed by atoms with van der Waals surface area (Å²) in [6.07, 6.45) is -12.9. The molecule has 94 heavy (non-hydrogen) atoms. The van der Waals surface area contributed by atoms with E-state index in [1.165, 1.54) is 11.0 Å². The van der Waals surface area contributed by atoms with Crippen molar-refractivity contribution in [1.29, 1.82) is 0 Å². The number of halogens is 9. The van der Waals surface area contributed by atoms with Gasteiger partial charge in [0.2, 0.25) is 24.1 Å². The average Bonchev–Trinajstić information content (AvgIpc) is 1.48. The molecule has 518 valence electrons. The standard InChI is InChI=1S/C14H15Cl2N3O3.C13H10Cl2F3N3O4.C12H22O6.C10H7Cl2N3O2.C8H14O4/c1-14(2)21-6-10(22-14)12(20)19-13-17-5-7-9(18-13)4-3-8(15)11(7)16;14-6-1-2-7-5(9(6)15)3-19-12(20-7)21-10(23)8(22)4-25-11(24)13(16,17)18;1-11(2)15-5-7(17-11)9(13)10(14)8-6-16-12(3,4)18-8;11-5-1-2-6-4(7(5)12)3-15-9(17)8(16)14-10(15)13-6;1-4-10-7(9)6-5-11-8(2,3)12-6/h3-4,10H,5-6H2,1-2H3,(H2,17,18,19,20);1-2,8,22H,3-4H2,(H2,19,20,21,23);7-10,13-14H,5-6H2,1-4H3;1-2,9,17H,3H2,(H,13,14,16);6H,4-5H2,1-3H3. The molecule has 0 bridgehead atoms. The van der Waals surface area contributed by atoms with E-state index in [1.54, 1.807) is 92.6 Å². The van der Waals surface area contributed by atoms with Crippen LogP contribution >= 0.6 is 69.6 Å². The van der Waals surface area contributed by atoms with Gasteiger partial charge < -0.3 is 83.3 Å². The molecule has 8 unspecified atom stereocenters. The maximum Gasteiger partial charge on any atom is 0.490 e. The third kappa shape index (κ3) is 20.1. The lowest BCUT2D eigenvalue weighted by Crippen LogP contribution is -2.47. The molecule has 5 fully saturated rings. The fraction of sp³-hybridized carbons (Fsp3) is 0.544. The molecule has 3 aromatic rings.